The molecule has 0 spiro atoms. The van der Waals surface area contributed by atoms with Crippen molar-refractivity contribution >= 4 is 64.6 Å². The molecule has 0 fully saturated rings. The molecule has 2 N–H and O–H groups in total. The molecule has 0 aliphatic carbocycles. The van der Waals surface area contributed by atoms with Crippen LogP contribution >= 0.6 is 23.2 Å². The molecular weight excluding hydrogens is 458 g/mol. The Hall–Kier alpha value is -1.86. The Bertz CT molecular complexity index is 1130. The monoisotopic (exact) mass is 478 g/mol. The number of nitrogens with one attached hydrogen (secondary N) is 1. The van der Waals surface area contributed by atoms with Crippen molar-refractivity contribution < 1.29 is 14.6 Å². The molecule has 160 valence electrons. The van der Waals surface area contributed by atoms with Crippen LogP contribution in [0.1, 0.15) is 44.7 Å². The van der Waals surface area contributed by atoms with Crippen LogP contribution in [0.2, 0.25) is 10.0 Å². The van der Waals surface area contributed by atoms with Crippen molar-refractivity contribution in [1.29, 1.82) is 0 Å². The second-order valence-corrected chi connectivity index (χ2v) is 8.18. The Morgan fingerprint density at radius 3 is 2.16 bits per heavy atom. The van der Waals surface area contributed by atoms with Gasteiger partial charge in [-0.3, -0.25) is 4.99 Å². The number of ether oxygens (including phenoxy) is 1. The molecule has 0 aromatic heterocycles. The molecule has 0 bridgehead atoms. The molecule has 0 amide bonds. The van der Waals surface area contributed by atoms with E-state index >= 15 is 0 Å². The first kappa shape index (κ1) is 24.8. The zero-order chi connectivity index (χ0) is 22.0. The summed E-state index contributed by atoms with van der Waals surface area (Å²) < 4.78 is 5.21. The van der Waals surface area contributed by atoms with E-state index in [2.05, 4.69) is 5.32 Å². The number of rotatable bonds is 6. The van der Waals surface area contributed by atoms with Crippen LogP contribution in [0.3, 0.4) is 0 Å². The molecule has 3 aromatic carbocycles. The molecule has 5 nitrogen and oxygen atoms in total. The average molecular weight is 479 g/mol. The first-order valence-electron chi connectivity index (χ1n) is 9.66. The average Bonchev–Trinajstić information content (AvgIpc) is 3.20. The predicted molar refractivity (Wildman–Crippen MR) is 129 cm³/mol. The summed E-state index contributed by atoms with van der Waals surface area (Å²) >= 11 is 12.2. The second-order valence-electron chi connectivity index (χ2n) is 7.30. The SMILES string of the molecule is COCc1cc(C(=O)O)cc(C2=NC(c3ccc(Cl)cc3)C(c3ccc(Cl)cc3)N2)c1.[NaH]. The van der Waals surface area contributed by atoms with Crippen LogP contribution < -0.4 is 5.32 Å². The van der Waals surface area contributed by atoms with E-state index in [0.29, 0.717) is 28.1 Å². The van der Waals surface area contributed by atoms with Crippen LogP contribution in [0.15, 0.2) is 71.7 Å². The van der Waals surface area contributed by atoms with E-state index in [9.17, 15) is 9.90 Å². The maximum absolute atomic E-state index is 11.6. The summed E-state index contributed by atoms with van der Waals surface area (Å²) in [5, 5.41) is 14.3. The number of aromatic carboxylic acids is 1. The minimum atomic E-state index is -0.999. The molecule has 8 heteroatoms. The van der Waals surface area contributed by atoms with Crippen LogP contribution in [0, 0.1) is 0 Å². The Kier molecular flexibility index (Phi) is 8.39. The summed E-state index contributed by atoms with van der Waals surface area (Å²) in [7, 11) is 1.57. The summed E-state index contributed by atoms with van der Waals surface area (Å²) in [4.78, 5) is 16.6. The van der Waals surface area contributed by atoms with Gasteiger partial charge in [-0.1, -0.05) is 47.5 Å². The van der Waals surface area contributed by atoms with Crippen molar-refractivity contribution in [3.05, 3.63) is 105 Å². The molecule has 2 unspecified atom stereocenters. The standard InChI is InChI=1S/C24H20Cl2N2O3.Na.H/c1-31-13-14-10-17(12-18(11-14)24(29)30)23-27-21(15-2-6-19(25)7-3-15)22(28-23)16-4-8-20(26)9-5-16;;/h2-12,21-22H,13H2,1H3,(H,27,28)(H,29,30);;. The van der Waals surface area contributed by atoms with E-state index in [0.717, 1.165) is 16.7 Å². The second kappa shape index (κ2) is 10.8. The van der Waals surface area contributed by atoms with Gasteiger partial charge in [0.1, 0.15) is 11.9 Å². The molecule has 1 aliphatic rings. The van der Waals surface area contributed by atoms with Crippen LogP contribution in [0.25, 0.3) is 0 Å². The molecule has 0 saturated carbocycles. The number of methoxy groups -OCH3 is 1. The van der Waals surface area contributed by atoms with E-state index in [-0.39, 0.29) is 47.2 Å². The summed E-state index contributed by atoms with van der Waals surface area (Å²) in [6.07, 6.45) is 0. The van der Waals surface area contributed by atoms with Gasteiger partial charge in [0.15, 0.2) is 0 Å². The van der Waals surface area contributed by atoms with E-state index in [1.165, 1.54) is 0 Å². The first-order valence-corrected chi connectivity index (χ1v) is 10.4. The molecule has 32 heavy (non-hydrogen) atoms. The molecule has 0 saturated heterocycles. The van der Waals surface area contributed by atoms with Gasteiger partial charge in [0, 0.05) is 22.7 Å². The number of nitrogens with zero attached hydrogens (tertiary/aromatic N) is 1. The third-order valence-electron chi connectivity index (χ3n) is 5.14. The molecule has 1 aliphatic heterocycles. The number of benzene rings is 3. The molecule has 2 atom stereocenters. The van der Waals surface area contributed by atoms with Crippen LogP contribution in [-0.4, -0.2) is 53.6 Å². The summed E-state index contributed by atoms with van der Waals surface area (Å²) in [5.41, 5.74) is 3.67. The summed E-state index contributed by atoms with van der Waals surface area (Å²) in [6.45, 7) is 0.308. The van der Waals surface area contributed by atoms with Crippen molar-refractivity contribution in [2.45, 2.75) is 18.7 Å². The Morgan fingerprint density at radius 1 is 1.00 bits per heavy atom. The maximum atomic E-state index is 11.6. The Balaban J connectivity index is 0.00000289. The van der Waals surface area contributed by atoms with Gasteiger partial charge >= 0.3 is 35.5 Å². The number of carboxylic acids is 1. The predicted octanol–water partition coefficient (Wildman–Crippen LogP) is 5.02. The van der Waals surface area contributed by atoms with Gasteiger partial charge in [-0.25, -0.2) is 4.79 Å². The molecule has 3 aromatic rings. The molecule has 1 heterocycles. The van der Waals surface area contributed by atoms with Gasteiger partial charge in [0.25, 0.3) is 0 Å². The molecular formula is C24H21Cl2N2NaO3. The zero-order valence-corrected chi connectivity index (χ0v) is 18.2. The summed E-state index contributed by atoms with van der Waals surface area (Å²) in [6, 6.07) is 20.0. The number of carboxylic acid groups (broad SMARTS) is 1. The van der Waals surface area contributed by atoms with Crippen LogP contribution in [0.4, 0.5) is 0 Å². The number of hydrogen-bond donors (Lipinski definition) is 2. The van der Waals surface area contributed by atoms with Gasteiger partial charge in [-0.2, -0.15) is 0 Å². The Morgan fingerprint density at radius 2 is 1.59 bits per heavy atom. The van der Waals surface area contributed by atoms with Crippen molar-refractivity contribution in [3.8, 4) is 0 Å². The number of carbonyl (C=O) groups is 1. The third kappa shape index (κ3) is 5.54. The van der Waals surface area contributed by atoms with Crippen LogP contribution in [0.5, 0.6) is 0 Å². The van der Waals surface area contributed by atoms with Gasteiger partial charge in [0.2, 0.25) is 0 Å². The quantitative estimate of drug-likeness (QED) is 0.487. The van der Waals surface area contributed by atoms with E-state index in [4.69, 9.17) is 32.9 Å². The zero-order valence-electron chi connectivity index (χ0n) is 16.7. The van der Waals surface area contributed by atoms with E-state index in [1.54, 1.807) is 19.2 Å². The number of halogens is 2. The van der Waals surface area contributed by atoms with Gasteiger partial charge in [0.05, 0.1) is 18.2 Å². The fourth-order valence-corrected chi connectivity index (χ4v) is 3.95. The van der Waals surface area contributed by atoms with Crippen molar-refractivity contribution in [3.63, 3.8) is 0 Å². The van der Waals surface area contributed by atoms with Gasteiger partial charge in [-0.05, 0) is 59.2 Å². The summed E-state index contributed by atoms with van der Waals surface area (Å²) in [5.74, 6) is -0.373. The van der Waals surface area contributed by atoms with Crippen molar-refractivity contribution in [2.75, 3.05) is 7.11 Å². The molecule has 0 radical (unpaired) electrons. The third-order valence-corrected chi connectivity index (χ3v) is 5.64. The fourth-order valence-electron chi connectivity index (χ4n) is 3.70. The number of amidine groups is 1. The van der Waals surface area contributed by atoms with E-state index in [1.807, 2.05) is 54.6 Å². The van der Waals surface area contributed by atoms with Crippen molar-refractivity contribution in [2.24, 2.45) is 4.99 Å². The fraction of sp³-hybridized carbons (Fsp3) is 0.167. The topological polar surface area (TPSA) is 70.9 Å². The Labute approximate surface area is 218 Å². The minimum absolute atomic E-state index is 0. The van der Waals surface area contributed by atoms with Gasteiger partial charge in [-0.15, -0.1) is 0 Å². The first-order chi connectivity index (χ1) is 14.9. The van der Waals surface area contributed by atoms with Crippen LogP contribution in [-0.2, 0) is 11.3 Å². The van der Waals surface area contributed by atoms with Gasteiger partial charge < -0.3 is 15.2 Å². The van der Waals surface area contributed by atoms with E-state index < -0.39 is 5.97 Å². The molecule has 4 rings (SSSR count). The number of aliphatic imine (C=N–C) groups is 1. The van der Waals surface area contributed by atoms with Crippen molar-refractivity contribution in [1.82, 2.24) is 5.32 Å². The normalized spacial score (nSPS) is 17.3. The number of hydrogen-bond acceptors (Lipinski definition) is 4.